The minimum Gasteiger partial charge on any atom is -0.392 e. The van der Waals surface area contributed by atoms with Crippen LogP contribution in [0.3, 0.4) is 0 Å². The van der Waals surface area contributed by atoms with Gasteiger partial charge in [0.2, 0.25) is 5.91 Å². The summed E-state index contributed by atoms with van der Waals surface area (Å²) in [7, 11) is 3.61. The molecule has 5 atom stereocenters. The van der Waals surface area contributed by atoms with Crippen LogP contribution in [0.2, 0.25) is 0 Å². The average Bonchev–Trinajstić information content (AvgIpc) is 3.21. The number of unbranched alkanes of at least 4 members (excludes halogenated alkanes) is 1. The Morgan fingerprint density at radius 3 is 2.67 bits per heavy atom. The summed E-state index contributed by atoms with van der Waals surface area (Å²) in [6, 6.07) is 8.26. The SMILES string of the molecule is Cc1ccc(C[C@H](O)C=C[C@@H]2[C@H]3CC(CCCCC(=O)N(C)C)=C[C@H]3C[C@H]2O)cc1. The van der Waals surface area contributed by atoms with E-state index in [4.69, 9.17) is 0 Å². The highest BCUT2D eigenvalue weighted by Crippen LogP contribution is 2.48. The summed E-state index contributed by atoms with van der Waals surface area (Å²) in [6.07, 6.45) is 11.6. The summed E-state index contributed by atoms with van der Waals surface area (Å²) < 4.78 is 0. The van der Waals surface area contributed by atoms with Gasteiger partial charge in [0.1, 0.15) is 0 Å². The van der Waals surface area contributed by atoms with Crippen molar-refractivity contribution >= 4 is 5.91 Å². The van der Waals surface area contributed by atoms with Crippen molar-refractivity contribution in [1.29, 1.82) is 0 Å². The maximum atomic E-state index is 11.7. The molecule has 0 aliphatic heterocycles. The number of carbonyl (C=O) groups is 1. The smallest absolute Gasteiger partial charge is 0.222 e. The number of aryl methyl sites for hydroxylation is 1. The van der Waals surface area contributed by atoms with E-state index >= 15 is 0 Å². The standard InChI is InChI=1S/C26H37NO3/c1-18-8-10-19(11-9-18)15-22(28)12-13-23-24-16-20(14-21(24)17-25(23)29)6-4-5-7-26(30)27(2)3/h8-14,21-25,28-29H,4-7,15-17H2,1-3H3/t21-,22+,23+,24-,25+/m0/s1. The summed E-state index contributed by atoms with van der Waals surface area (Å²) in [5, 5.41) is 21.0. The van der Waals surface area contributed by atoms with Gasteiger partial charge in [-0.05, 0) is 56.4 Å². The molecule has 1 saturated carbocycles. The molecule has 1 aromatic rings. The minimum atomic E-state index is -0.526. The summed E-state index contributed by atoms with van der Waals surface area (Å²) in [5.41, 5.74) is 3.82. The number of benzene rings is 1. The second kappa shape index (κ2) is 10.4. The average molecular weight is 412 g/mol. The number of nitrogens with zero attached hydrogens (tertiary/aromatic N) is 1. The number of aliphatic hydroxyl groups excluding tert-OH is 2. The van der Waals surface area contributed by atoms with Crippen molar-refractivity contribution in [3.63, 3.8) is 0 Å². The molecule has 4 heteroatoms. The van der Waals surface area contributed by atoms with Crippen LogP contribution in [0.1, 0.15) is 49.7 Å². The summed E-state index contributed by atoms with van der Waals surface area (Å²) in [4.78, 5) is 13.3. The number of hydrogen-bond acceptors (Lipinski definition) is 3. The first-order valence-electron chi connectivity index (χ1n) is 11.3. The summed E-state index contributed by atoms with van der Waals surface area (Å²) in [6.45, 7) is 2.06. The zero-order chi connectivity index (χ0) is 21.7. The lowest BCUT2D eigenvalue weighted by Crippen LogP contribution is -2.21. The first kappa shape index (κ1) is 22.8. The third-order valence-corrected chi connectivity index (χ3v) is 6.71. The second-order valence-corrected chi connectivity index (χ2v) is 9.37. The minimum absolute atomic E-state index is 0.117. The van der Waals surface area contributed by atoms with Crippen LogP contribution >= 0.6 is 0 Å². The number of rotatable bonds is 9. The monoisotopic (exact) mass is 411 g/mol. The Morgan fingerprint density at radius 2 is 1.97 bits per heavy atom. The van der Waals surface area contributed by atoms with Crippen molar-refractivity contribution in [1.82, 2.24) is 4.90 Å². The van der Waals surface area contributed by atoms with Crippen LogP contribution in [0.4, 0.5) is 0 Å². The van der Waals surface area contributed by atoms with Gasteiger partial charge in [-0.15, -0.1) is 0 Å². The first-order valence-corrected chi connectivity index (χ1v) is 11.3. The van der Waals surface area contributed by atoms with E-state index in [1.807, 2.05) is 6.08 Å². The van der Waals surface area contributed by atoms with Gasteiger partial charge >= 0.3 is 0 Å². The van der Waals surface area contributed by atoms with Crippen molar-refractivity contribution in [3.8, 4) is 0 Å². The summed E-state index contributed by atoms with van der Waals surface area (Å²) >= 11 is 0. The van der Waals surface area contributed by atoms with Crippen LogP contribution in [-0.4, -0.2) is 47.3 Å². The molecule has 3 rings (SSSR count). The van der Waals surface area contributed by atoms with Crippen molar-refractivity contribution in [2.75, 3.05) is 14.1 Å². The van der Waals surface area contributed by atoms with Crippen molar-refractivity contribution < 1.29 is 15.0 Å². The molecule has 0 bridgehead atoms. The maximum Gasteiger partial charge on any atom is 0.222 e. The van der Waals surface area contributed by atoms with Gasteiger partial charge in [0.15, 0.2) is 0 Å². The fraction of sp³-hybridized carbons (Fsp3) is 0.577. The van der Waals surface area contributed by atoms with Crippen molar-refractivity contribution in [3.05, 3.63) is 59.2 Å². The number of amides is 1. The van der Waals surface area contributed by atoms with Crippen LogP contribution in [0, 0.1) is 24.7 Å². The molecule has 0 heterocycles. The molecule has 2 N–H and O–H groups in total. The van der Waals surface area contributed by atoms with Crippen molar-refractivity contribution in [2.45, 2.75) is 64.1 Å². The van der Waals surface area contributed by atoms with Crippen LogP contribution in [0.5, 0.6) is 0 Å². The first-order chi connectivity index (χ1) is 14.3. The highest BCUT2D eigenvalue weighted by molar-refractivity contribution is 5.75. The number of hydrogen-bond donors (Lipinski definition) is 2. The molecule has 0 aromatic heterocycles. The van der Waals surface area contributed by atoms with Gasteiger partial charge in [-0.25, -0.2) is 0 Å². The predicted molar refractivity (Wildman–Crippen MR) is 121 cm³/mol. The van der Waals surface area contributed by atoms with E-state index in [0.717, 1.165) is 37.7 Å². The Labute approximate surface area is 181 Å². The molecular weight excluding hydrogens is 374 g/mol. The lowest BCUT2D eigenvalue weighted by atomic mass is 9.88. The maximum absolute atomic E-state index is 11.7. The Balaban J connectivity index is 1.47. The normalized spacial score (nSPS) is 26.6. The molecule has 4 nitrogen and oxygen atoms in total. The quantitative estimate of drug-likeness (QED) is 0.476. The molecule has 1 fully saturated rings. The predicted octanol–water partition coefficient (Wildman–Crippen LogP) is 4.05. The van der Waals surface area contributed by atoms with Gasteiger partial charge in [0.05, 0.1) is 12.2 Å². The third kappa shape index (κ3) is 6.05. The number of allylic oxidation sites excluding steroid dienone is 2. The number of carbonyl (C=O) groups excluding carboxylic acids is 1. The van der Waals surface area contributed by atoms with E-state index in [-0.39, 0.29) is 17.9 Å². The van der Waals surface area contributed by atoms with Gasteiger partial charge < -0.3 is 15.1 Å². The molecule has 2 aliphatic carbocycles. The highest BCUT2D eigenvalue weighted by atomic mass is 16.3. The Kier molecular flexibility index (Phi) is 7.90. The fourth-order valence-electron chi connectivity index (χ4n) is 4.93. The topological polar surface area (TPSA) is 60.8 Å². The molecule has 0 radical (unpaired) electrons. The molecule has 0 spiro atoms. The highest BCUT2D eigenvalue weighted by Gasteiger charge is 2.43. The van der Waals surface area contributed by atoms with Crippen LogP contribution < -0.4 is 0 Å². The largest absolute Gasteiger partial charge is 0.392 e. The molecule has 1 amide bonds. The lowest BCUT2D eigenvalue weighted by Gasteiger charge is -2.19. The van der Waals surface area contributed by atoms with E-state index in [2.05, 4.69) is 43.3 Å². The van der Waals surface area contributed by atoms with E-state index in [9.17, 15) is 15.0 Å². The van der Waals surface area contributed by atoms with Crippen LogP contribution in [0.15, 0.2) is 48.1 Å². The van der Waals surface area contributed by atoms with Gasteiger partial charge in [0.25, 0.3) is 0 Å². The Bertz CT molecular complexity index is 765. The van der Waals surface area contributed by atoms with Gasteiger partial charge in [-0.1, -0.05) is 53.6 Å². The van der Waals surface area contributed by atoms with Gasteiger partial charge in [-0.2, -0.15) is 0 Å². The molecular formula is C26H37NO3. The molecule has 164 valence electrons. The van der Waals surface area contributed by atoms with Gasteiger partial charge in [-0.3, -0.25) is 4.79 Å². The second-order valence-electron chi connectivity index (χ2n) is 9.37. The van der Waals surface area contributed by atoms with Crippen molar-refractivity contribution in [2.24, 2.45) is 17.8 Å². The fourth-order valence-corrected chi connectivity index (χ4v) is 4.93. The molecule has 0 unspecified atom stereocenters. The van der Waals surface area contributed by atoms with E-state index < -0.39 is 6.10 Å². The number of aliphatic hydroxyl groups is 2. The molecule has 2 aliphatic rings. The van der Waals surface area contributed by atoms with E-state index in [1.54, 1.807) is 19.0 Å². The van der Waals surface area contributed by atoms with E-state index in [1.165, 1.54) is 11.1 Å². The van der Waals surface area contributed by atoms with Crippen LogP contribution in [-0.2, 0) is 11.2 Å². The van der Waals surface area contributed by atoms with Crippen LogP contribution in [0.25, 0.3) is 0 Å². The third-order valence-electron chi connectivity index (χ3n) is 6.71. The van der Waals surface area contributed by atoms with E-state index in [0.29, 0.717) is 24.7 Å². The number of fused-ring (bicyclic) bond motifs is 1. The summed E-state index contributed by atoms with van der Waals surface area (Å²) in [5.74, 6) is 1.21. The van der Waals surface area contributed by atoms with Gasteiger partial charge in [0, 0.05) is 32.9 Å². The lowest BCUT2D eigenvalue weighted by molar-refractivity contribution is -0.128. The zero-order valence-electron chi connectivity index (χ0n) is 18.6. The Hall–Kier alpha value is -1.91. The molecule has 1 aromatic carbocycles. The molecule has 0 saturated heterocycles. The molecule has 30 heavy (non-hydrogen) atoms. The zero-order valence-corrected chi connectivity index (χ0v) is 18.6. The Morgan fingerprint density at radius 1 is 1.23 bits per heavy atom.